The average Bonchev–Trinajstić information content (AvgIpc) is 2.59. The molecule has 0 amide bonds. The predicted molar refractivity (Wildman–Crippen MR) is 83.0 cm³/mol. The van der Waals surface area contributed by atoms with Gasteiger partial charge in [-0.2, -0.15) is 13.2 Å². The monoisotopic (exact) mass is 352 g/mol. The summed E-state index contributed by atoms with van der Waals surface area (Å²) >= 11 is 0. The van der Waals surface area contributed by atoms with Gasteiger partial charge in [0.1, 0.15) is 6.61 Å². The van der Waals surface area contributed by atoms with E-state index >= 15 is 0 Å². The van der Waals surface area contributed by atoms with Crippen molar-refractivity contribution in [1.29, 1.82) is 0 Å². The summed E-state index contributed by atoms with van der Waals surface area (Å²) in [4.78, 5) is 23.4. The summed E-state index contributed by atoms with van der Waals surface area (Å²) in [5.74, 6) is -1.14. The van der Waals surface area contributed by atoms with Crippen LogP contribution < -0.4 is 0 Å². The lowest BCUT2D eigenvalue weighted by atomic mass is 10.1. The van der Waals surface area contributed by atoms with E-state index in [1.807, 2.05) is 0 Å². The van der Waals surface area contributed by atoms with Gasteiger partial charge in [-0.25, -0.2) is 9.59 Å². The smallest absolute Gasteiger partial charge is 0.416 e. The summed E-state index contributed by atoms with van der Waals surface area (Å²) < 4.78 is 47.3. The molecule has 2 rings (SSSR count). The number of benzene rings is 2. The second kappa shape index (κ2) is 7.83. The van der Waals surface area contributed by atoms with Gasteiger partial charge in [0, 0.05) is 0 Å². The van der Waals surface area contributed by atoms with E-state index in [0.29, 0.717) is 11.1 Å². The van der Waals surface area contributed by atoms with Gasteiger partial charge in [0.25, 0.3) is 0 Å². The Morgan fingerprint density at radius 1 is 0.840 bits per heavy atom. The van der Waals surface area contributed by atoms with Crippen molar-refractivity contribution < 1.29 is 32.2 Å². The number of carbonyl (C=O) groups excluding carboxylic acids is 2. The van der Waals surface area contributed by atoms with Crippen LogP contribution in [0.3, 0.4) is 0 Å². The van der Waals surface area contributed by atoms with E-state index in [1.165, 1.54) is 36.4 Å². The highest BCUT2D eigenvalue weighted by Crippen LogP contribution is 2.29. The Morgan fingerprint density at radius 3 is 1.76 bits per heavy atom. The van der Waals surface area contributed by atoms with E-state index in [4.69, 9.17) is 9.47 Å². The molecule has 0 heterocycles. The van der Waals surface area contributed by atoms with Gasteiger partial charge in [0.05, 0.1) is 23.3 Å². The van der Waals surface area contributed by atoms with Gasteiger partial charge in [0.15, 0.2) is 0 Å². The predicted octanol–water partition coefficient (Wildman–Crippen LogP) is 4.24. The molecule has 132 valence electrons. The third-order valence-electron chi connectivity index (χ3n) is 3.28. The number of rotatable bonds is 5. The van der Waals surface area contributed by atoms with Crippen LogP contribution in [-0.2, 0) is 22.3 Å². The second-order valence-corrected chi connectivity index (χ2v) is 5.07. The van der Waals surface area contributed by atoms with Crippen LogP contribution in [0.1, 0.15) is 38.8 Å². The Labute approximate surface area is 142 Å². The van der Waals surface area contributed by atoms with Crippen molar-refractivity contribution in [1.82, 2.24) is 0 Å². The van der Waals surface area contributed by atoms with Crippen LogP contribution in [0.4, 0.5) is 13.2 Å². The molecule has 0 fully saturated rings. The van der Waals surface area contributed by atoms with Gasteiger partial charge >= 0.3 is 18.1 Å². The van der Waals surface area contributed by atoms with E-state index in [-0.39, 0.29) is 18.8 Å². The Morgan fingerprint density at radius 2 is 1.32 bits per heavy atom. The standard InChI is InChI=1S/C18H15F3O4/c1-2-24-16(22)13-5-7-14(8-6-13)17(23)25-11-12-3-9-15(10-4-12)18(19,20)21/h3-10H,2,11H2,1H3. The average molecular weight is 352 g/mol. The largest absolute Gasteiger partial charge is 0.462 e. The lowest BCUT2D eigenvalue weighted by Crippen LogP contribution is -2.08. The SMILES string of the molecule is CCOC(=O)c1ccc(C(=O)OCc2ccc(C(F)(F)F)cc2)cc1. The maximum atomic E-state index is 12.5. The number of halogens is 3. The molecule has 0 aromatic heterocycles. The summed E-state index contributed by atoms with van der Waals surface area (Å²) in [6, 6.07) is 10.1. The molecule has 2 aromatic rings. The van der Waals surface area contributed by atoms with Crippen LogP contribution >= 0.6 is 0 Å². The van der Waals surface area contributed by atoms with E-state index in [1.54, 1.807) is 6.92 Å². The van der Waals surface area contributed by atoms with Crippen LogP contribution in [0.2, 0.25) is 0 Å². The van der Waals surface area contributed by atoms with Crippen LogP contribution in [0, 0.1) is 0 Å². The molecule has 0 atom stereocenters. The first-order valence-electron chi connectivity index (χ1n) is 7.41. The van der Waals surface area contributed by atoms with Crippen molar-refractivity contribution >= 4 is 11.9 Å². The van der Waals surface area contributed by atoms with Crippen LogP contribution in [0.15, 0.2) is 48.5 Å². The van der Waals surface area contributed by atoms with Gasteiger partial charge in [0.2, 0.25) is 0 Å². The van der Waals surface area contributed by atoms with E-state index in [9.17, 15) is 22.8 Å². The van der Waals surface area contributed by atoms with Crippen molar-refractivity contribution in [2.45, 2.75) is 19.7 Å². The molecule has 0 N–H and O–H groups in total. The van der Waals surface area contributed by atoms with E-state index in [2.05, 4.69) is 0 Å². The first kappa shape index (κ1) is 18.5. The summed E-state index contributed by atoms with van der Waals surface area (Å²) in [7, 11) is 0. The number of hydrogen-bond donors (Lipinski definition) is 0. The highest BCUT2D eigenvalue weighted by atomic mass is 19.4. The molecule has 2 aromatic carbocycles. The van der Waals surface area contributed by atoms with Crippen molar-refractivity contribution in [2.24, 2.45) is 0 Å². The molecule has 0 radical (unpaired) electrons. The van der Waals surface area contributed by atoms with Crippen LogP contribution in [0.5, 0.6) is 0 Å². The van der Waals surface area contributed by atoms with Gasteiger partial charge in [-0.3, -0.25) is 0 Å². The van der Waals surface area contributed by atoms with Crippen molar-refractivity contribution in [3.63, 3.8) is 0 Å². The lowest BCUT2D eigenvalue weighted by Gasteiger charge is -2.08. The fourth-order valence-corrected chi connectivity index (χ4v) is 1.98. The molecule has 7 heteroatoms. The Hall–Kier alpha value is -2.83. The van der Waals surface area contributed by atoms with Gasteiger partial charge in [-0.15, -0.1) is 0 Å². The molecule has 4 nitrogen and oxygen atoms in total. The molecule has 0 unspecified atom stereocenters. The Bertz CT molecular complexity index is 734. The zero-order chi connectivity index (χ0) is 18.4. The quantitative estimate of drug-likeness (QED) is 0.756. The molecule has 25 heavy (non-hydrogen) atoms. The van der Waals surface area contributed by atoms with Crippen molar-refractivity contribution in [3.8, 4) is 0 Å². The first-order valence-corrected chi connectivity index (χ1v) is 7.41. The third kappa shape index (κ3) is 5.07. The summed E-state index contributed by atoms with van der Waals surface area (Å²) in [5, 5.41) is 0. The summed E-state index contributed by atoms with van der Waals surface area (Å²) in [6.45, 7) is 1.78. The fourth-order valence-electron chi connectivity index (χ4n) is 1.98. The normalized spacial score (nSPS) is 11.0. The number of ether oxygens (including phenoxy) is 2. The molecule has 0 aliphatic rings. The van der Waals surface area contributed by atoms with Crippen molar-refractivity contribution in [3.05, 3.63) is 70.8 Å². The van der Waals surface area contributed by atoms with Gasteiger partial charge in [-0.05, 0) is 48.9 Å². The number of carbonyl (C=O) groups is 2. The van der Waals surface area contributed by atoms with E-state index < -0.39 is 23.7 Å². The van der Waals surface area contributed by atoms with Gasteiger partial charge < -0.3 is 9.47 Å². The third-order valence-corrected chi connectivity index (χ3v) is 3.28. The summed E-state index contributed by atoms with van der Waals surface area (Å²) in [5.41, 5.74) is 0.197. The molecular formula is C18H15F3O4. The van der Waals surface area contributed by atoms with Gasteiger partial charge in [-0.1, -0.05) is 12.1 Å². The molecule has 0 saturated carbocycles. The maximum Gasteiger partial charge on any atom is 0.416 e. The topological polar surface area (TPSA) is 52.6 Å². The maximum absolute atomic E-state index is 12.5. The molecular weight excluding hydrogens is 337 g/mol. The second-order valence-electron chi connectivity index (χ2n) is 5.07. The van der Waals surface area contributed by atoms with Crippen molar-refractivity contribution in [2.75, 3.05) is 6.61 Å². The number of hydrogen-bond acceptors (Lipinski definition) is 4. The fraction of sp³-hybridized carbons (Fsp3) is 0.222. The number of esters is 2. The Balaban J connectivity index is 1.95. The van der Waals surface area contributed by atoms with Crippen LogP contribution in [-0.4, -0.2) is 18.5 Å². The zero-order valence-electron chi connectivity index (χ0n) is 13.3. The molecule has 0 bridgehead atoms. The minimum Gasteiger partial charge on any atom is -0.462 e. The minimum absolute atomic E-state index is 0.156. The first-order chi connectivity index (χ1) is 11.8. The molecule has 0 aliphatic carbocycles. The molecule has 0 spiro atoms. The highest BCUT2D eigenvalue weighted by Gasteiger charge is 2.29. The molecule has 0 aliphatic heterocycles. The van der Waals surface area contributed by atoms with Crippen LogP contribution in [0.25, 0.3) is 0 Å². The zero-order valence-corrected chi connectivity index (χ0v) is 13.3. The summed E-state index contributed by atoms with van der Waals surface area (Å²) in [6.07, 6.45) is -4.41. The lowest BCUT2D eigenvalue weighted by molar-refractivity contribution is -0.137. The number of alkyl halides is 3. The highest BCUT2D eigenvalue weighted by molar-refractivity contribution is 5.93. The molecule has 0 saturated heterocycles. The Kier molecular flexibility index (Phi) is 5.80. The van der Waals surface area contributed by atoms with E-state index in [0.717, 1.165) is 12.1 Å². The minimum atomic E-state index is -4.41.